The topological polar surface area (TPSA) is 50.4 Å². The van der Waals surface area contributed by atoms with Crippen molar-refractivity contribution in [1.29, 1.82) is 0 Å². The van der Waals surface area contributed by atoms with Crippen LogP contribution in [0.2, 0.25) is 0 Å². The highest BCUT2D eigenvalue weighted by molar-refractivity contribution is 5.81. The van der Waals surface area contributed by atoms with Gasteiger partial charge in [-0.1, -0.05) is 0 Å². The normalized spacial score (nSPS) is 23.9. The molecule has 5 nitrogen and oxygen atoms in total. The highest BCUT2D eigenvalue weighted by atomic mass is 16.5. The number of nitrogens with one attached hydrogen (secondary N) is 1. The summed E-state index contributed by atoms with van der Waals surface area (Å²) in [5.74, 6) is 0. The summed E-state index contributed by atoms with van der Waals surface area (Å²) in [7, 11) is 0. The molecule has 112 valence electrons. The number of morpholine rings is 1. The number of H-pyrrole nitrogens is 1. The van der Waals surface area contributed by atoms with Gasteiger partial charge in [0.25, 0.3) is 0 Å². The Labute approximate surface area is 124 Å². The second kappa shape index (κ2) is 5.75. The van der Waals surface area contributed by atoms with Crippen LogP contribution < -0.4 is 0 Å². The molecule has 0 aromatic carbocycles. The number of nitrogens with zero attached hydrogens (tertiary/aromatic N) is 2. The fourth-order valence-electron chi connectivity index (χ4n) is 3.33. The fourth-order valence-corrected chi connectivity index (χ4v) is 3.33. The van der Waals surface area contributed by atoms with Crippen molar-refractivity contribution in [2.24, 2.45) is 0 Å². The lowest BCUT2D eigenvalue weighted by Gasteiger charge is -2.27. The van der Waals surface area contributed by atoms with Crippen molar-refractivity contribution in [2.75, 3.05) is 32.9 Å². The standard InChI is InChI=1S/C16H21N3O2/c1-3-12-13(11-19-6-9-20-10-7-19)15(14-4-2-8-21-14)18-16(12)17-5-1/h1,3,5,14H,2,4,6-11H2,(H,17,18)/t14-/m1/s1. The monoisotopic (exact) mass is 287 g/mol. The molecule has 1 N–H and O–H groups in total. The van der Waals surface area contributed by atoms with Crippen molar-refractivity contribution < 1.29 is 9.47 Å². The Morgan fingerprint density at radius 1 is 1.29 bits per heavy atom. The first kappa shape index (κ1) is 13.2. The highest BCUT2D eigenvalue weighted by Gasteiger charge is 2.25. The Bertz CT molecular complexity index is 613. The van der Waals surface area contributed by atoms with Gasteiger partial charge in [0.05, 0.1) is 25.0 Å². The highest BCUT2D eigenvalue weighted by Crippen LogP contribution is 2.34. The lowest BCUT2D eigenvalue weighted by molar-refractivity contribution is 0.0336. The molecule has 4 rings (SSSR count). The van der Waals surface area contributed by atoms with Crippen LogP contribution >= 0.6 is 0 Å². The molecule has 5 heteroatoms. The van der Waals surface area contributed by atoms with Gasteiger partial charge < -0.3 is 14.5 Å². The molecule has 2 aliphatic heterocycles. The van der Waals surface area contributed by atoms with E-state index >= 15 is 0 Å². The third-order valence-electron chi connectivity index (χ3n) is 4.45. The van der Waals surface area contributed by atoms with E-state index < -0.39 is 0 Å². The Morgan fingerprint density at radius 3 is 3.00 bits per heavy atom. The Kier molecular flexibility index (Phi) is 3.63. The van der Waals surface area contributed by atoms with Crippen molar-refractivity contribution in [3.05, 3.63) is 29.6 Å². The van der Waals surface area contributed by atoms with Crippen LogP contribution in [0.5, 0.6) is 0 Å². The van der Waals surface area contributed by atoms with Crippen LogP contribution in [0.3, 0.4) is 0 Å². The molecule has 2 aromatic heterocycles. The molecular formula is C16H21N3O2. The Hall–Kier alpha value is -1.43. The van der Waals surface area contributed by atoms with Gasteiger partial charge in [-0.2, -0.15) is 0 Å². The maximum atomic E-state index is 5.90. The first-order valence-electron chi connectivity index (χ1n) is 7.79. The van der Waals surface area contributed by atoms with E-state index in [1.54, 1.807) is 0 Å². The molecule has 0 spiro atoms. The minimum absolute atomic E-state index is 0.204. The summed E-state index contributed by atoms with van der Waals surface area (Å²) >= 11 is 0. The fraction of sp³-hybridized carbons (Fsp3) is 0.562. The van der Waals surface area contributed by atoms with Gasteiger partial charge in [0, 0.05) is 37.8 Å². The number of fused-ring (bicyclic) bond motifs is 1. The van der Waals surface area contributed by atoms with Crippen molar-refractivity contribution in [3.8, 4) is 0 Å². The smallest absolute Gasteiger partial charge is 0.137 e. The summed E-state index contributed by atoms with van der Waals surface area (Å²) in [5.41, 5.74) is 3.56. The summed E-state index contributed by atoms with van der Waals surface area (Å²) in [4.78, 5) is 10.4. The van der Waals surface area contributed by atoms with Crippen LogP contribution in [0.15, 0.2) is 18.3 Å². The number of hydrogen-bond acceptors (Lipinski definition) is 4. The van der Waals surface area contributed by atoms with E-state index in [0.29, 0.717) is 0 Å². The second-order valence-corrected chi connectivity index (χ2v) is 5.81. The van der Waals surface area contributed by atoms with Crippen LogP contribution in [-0.4, -0.2) is 47.8 Å². The first-order valence-corrected chi connectivity index (χ1v) is 7.79. The van der Waals surface area contributed by atoms with Gasteiger partial charge >= 0.3 is 0 Å². The predicted octanol–water partition coefficient (Wildman–Crippen LogP) is 2.25. The minimum Gasteiger partial charge on any atom is -0.379 e. The van der Waals surface area contributed by atoms with Gasteiger partial charge in [-0.25, -0.2) is 4.98 Å². The zero-order chi connectivity index (χ0) is 14.1. The van der Waals surface area contributed by atoms with E-state index in [9.17, 15) is 0 Å². The van der Waals surface area contributed by atoms with Crippen molar-refractivity contribution >= 4 is 11.0 Å². The van der Waals surface area contributed by atoms with Gasteiger partial charge in [0.1, 0.15) is 5.65 Å². The van der Waals surface area contributed by atoms with Crippen LogP contribution in [0.1, 0.15) is 30.2 Å². The van der Waals surface area contributed by atoms with E-state index in [1.165, 1.54) is 16.6 Å². The third kappa shape index (κ3) is 2.57. The zero-order valence-corrected chi connectivity index (χ0v) is 12.2. The Balaban J connectivity index is 1.70. The predicted molar refractivity (Wildman–Crippen MR) is 80.1 cm³/mol. The summed E-state index contributed by atoms with van der Waals surface area (Å²) in [5, 5.41) is 1.23. The van der Waals surface area contributed by atoms with Gasteiger partial charge in [-0.15, -0.1) is 0 Å². The zero-order valence-electron chi connectivity index (χ0n) is 12.2. The van der Waals surface area contributed by atoms with Gasteiger partial charge in [0.2, 0.25) is 0 Å². The number of ether oxygens (including phenoxy) is 2. The van der Waals surface area contributed by atoms with Crippen LogP contribution in [0.25, 0.3) is 11.0 Å². The number of hydrogen-bond donors (Lipinski definition) is 1. The first-order chi connectivity index (χ1) is 10.4. The maximum absolute atomic E-state index is 5.90. The van der Waals surface area contributed by atoms with E-state index in [1.807, 2.05) is 12.3 Å². The van der Waals surface area contributed by atoms with E-state index in [0.717, 1.165) is 57.9 Å². The molecule has 0 bridgehead atoms. The van der Waals surface area contributed by atoms with E-state index in [2.05, 4.69) is 20.9 Å². The molecule has 2 aromatic rings. The van der Waals surface area contributed by atoms with Gasteiger partial charge in [-0.05, 0) is 30.5 Å². The lowest BCUT2D eigenvalue weighted by atomic mass is 10.1. The number of aromatic amines is 1. The van der Waals surface area contributed by atoms with Gasteiger partial charge in [0.15, 0.2) is 0 Å². The van der Waals surface area contributed by atoms with Crippen LogP contribution in [0.4, 0.5) is 0 Å². The molecule has 2 aliphatic rings. The lowest BCUT2D eigenvalue weighted by Crippen LogP contribution is -2.35. The summed E-state index contributed by atoms with van der Waals surface area (Å²) < 4.78 is 11.3. The summed E-state index contributed by atoms with van der Waals surface area (Å²) in [6.07, 6.45) is 4.29. The minimum atomic E-state index is 0.204. The van der Waals surface area contributed by atoms with Crippen molar-refractivity contribution in [2.45, 2.75) is 25.5 Å². The van der Waals surface area contributed by atoms with Crippen LogP contribution in [0, 0.1) is 0 Å². The molecule has 4 heterocycles. The molecule has 2 saturated heterocycles. The second-order valence-electron chi connectivity index (χ2n) is 5.81. The number of pyridine rings is 1. The van der Waals surface area contributed by atoms with Gasteiger partial charge in [-0.3, -0.25) is 4.90 Å². The average Bonchev–Trinajstić information content (AvgIpc) is 3.16. The quantitative estimate of drug-likeness (QED) is 0.940. The largest absolute Gasteiger partial charge is 0.379 e. The molecule has 2 fully saturated rings. The average molecular weight is 287 g/mol. The maximum Gasteiger partial charge on any atom is 0.137 e. The Morgan fingerprint density at radius 2 is 2.19 bits per heavy atom. The molecular weight excluding hydrogens is 266 g/mol. The van der Waals surface area contributed by atoms with Crippen molar-refractivity contribution in [1.82, 2.24) is 14.9 Å². The third-order valence-corrected chi connectivity index (χ3v) is 4.45. The molecule has 21 heavy (non-hydrogen) atoms. The van der Waals surface area contributed by atoms with Crippen LogP contribution in [-0.2, 0) is 16.0 Å². The molecule has 0 saturated carbocycles. The van der Waals surface area contributed by atoms with E-state index in [-0.39, 0.29) is 6.10 Å². The summed E-state index contributed by atoms with van der Waals surface area (Å²) in [6, 6.07) is 4.17. The number of aromatic nitrogens is 2. The molecule has 0 amide bonds. The SMILES string of the molecule is c1cnc2[nH]c([C@H]3CCCO3)c(CN3CCOCC3)c2c1. The molecule has 0 aliphatic carbocycles. The van der Waals surface area contributed by atoms with Crippen molar-refractivity contribution in [3.63, 3.8) is 0 Å². The van der Waals surface area contributed by atoms with E-state index in [4.69, 9.17) is 9.47 Å². The molecule has 0 radical (unpaired) electrons. The number of rotatable bonds is 3. The molecule has 0 unspecified atom stereocenters. The molecule has 1 atom stereocenters. The summed E-state index contributed by atoms with van der Waals surface area (Å²) in [6.45, 7) is 5.47.